The molecule has 1 aromatic heterocycles. The number of benzene rings is 2. The number of hydrogen-bond acceptors (Lipinski definition) is 2. The number of furan rings is 1. The Bertz CT molecular complexity index is 638. The molecule has 0 bridgehead atoms. The molecule has 1 N–H and O–H groups in total. The van der Waals surface area contributed by atoms with Crippen LogP contribution in [-0.4, -0.2) is 5.11 Å². The van der Waals surface area contributed by atoms with Crippen molar-refractivity contribution in [2.24, 2.45) is 0 Å². The van der Waals surface area contributed by atoms with Gasteiger partial charge in [-0.1, -0.05) is 30.3 Å². The zero-order valence-electron chi connectivity index (χ0n) is 9.26. The van der Waals surface area contributed by atoms with Crippen molar-refractivity contribution in [3.8, 4) is 5.75 Å². The summed E-state index contributed by atoms with van der Waals surface area (Å²) in [5, 5.41) is 10.5. The molecule has 2 nitrogen and oxygen atoms in total. The summed E-state index contributed by atoms with van der Waals surface area (Å²) in [6.07, 6.45) is 2.58. The van der Waals surface area contributed by atoms with Gasteiger partial charge in [0.25, 0.3) is 0 Å². The zero-order chi connectivity index (χ0) is 11.7. The quantitative estimate of drug-likeness (QED) is 0.719. The summed E-state index contributed by atoms with van der Waals surface area (Å²) in [6.45, 7) is 0. The van der Waals surface area contributed by atoms with Crippen LogP contribution in [0.3, 0.4) is 0 Å². The molecule has 0 saturated carbocycles. The van der Waals surface area contributed by atoms with E-state index in [0.717, 1.165) is 23.0 Å². The van der Waals surface area contributed by atoms with E-state index in [1.807, 2.05) is 18.2 Å². The molecule has 2 heteroatoms. The third-order valence-corrected chi connectivity index (χ3v) is 2.87. The number of aromatic hydroxyl groups is 1. The molecule has 0 aliphatic carbocycles. The molecular formula is C15H12O2. The topological polar surface area (TPSA) is 33.4 Å². The number of phenols is 1. The Labute approximate surface area is 99.1 Å². The maximum absolute atomic E-state index is 9.50. The van der Waals surface area contributed by atoms with Crippen LogP contribution in [0, 0.1) is 0 Å². The van der Waals surface area contributed by atoms with E-state index >= 15 is 0 Å². The SMILES string of the molecule is Oc1ccc2occ(Cc3ccccc3)c2c1. The standard InChI is InChI=1S/C15H12O2/c16-13-6-7-15-14(9-13)12(10-17-15)8-11-4-2-1-3-5-11/h1-7,9-10,16H,8H2. The molecular weight excluding hydrogens is 212 g/mol. The van der Waals surface area contributed by atoms with E-state index in [2.05, 4.69) is 12.1 Å². The average molecular weight is 224 g/mol. The van der Waals surface area contributed by atoms with Crippen LogP contribution in [0.15, 0.2) is 59.2 Å². The van der Waals surface area contributed by atoms with Crippen LogP contribution in [0.1, 0.15) is 11.1 Å². The maximum Gasteiger partial charge on any atom is 0.134 e. The highest BCUT2D eigenvalue weighted by molar-refractivity contribution is 5.82. The van der Waals surface area contributed by atoms with E-state index in [1.54, 1.807) is 24.5 Å². The van der Waals surface area contributed by atoms with Gasteiger partial charge in [-0.25, -0.2) is 0 Å². The molecule has 1 heterocycles. The van der Waals surface area contributed by atoms with E-state index in [-0.39, 0.29) is 5.75 Å². The molecule has 0 fully saturated rings. The average Bonchev–Trinajstić information content (AvgIpc) is 2.73. The Balaban J connectivity index is 2.03. The Morgan fingerprint density at radius 2 is 1.82 bits per heavy atom. The number of hydrogen-bond donors (Lipinski definition) is 1. The Hall–Kier alpha value is -2.22. The number of rotatable bonds is 2. The molecule has 3 rings (SSSR count). The fourth-order valence-corrected chi connectivity index (χ4v) is 2.02. The third-order valence-electron chi connectivity index (χ3n) is 2.87. The van der Waals surface area contributed by atoms with Crippen molar-refractivity contribution in [3.63, 3.8) is 0 Å². The fourth-order valence-electron chi connectivity index (χ4n) is 2.02. The third kappa shape index (κ3) is 1.89. The van der Waals surface area contributed by atoms with E-state index < -0.39 is 0 Å². The minimum atomic E-state index is 0.271. The van der Waals surface area contributed by atoms with Gasteiger partial charge in [-0.2, -0.15) is 0 Å². The lowest BCUT2D eigenvalue weighted by Crippen LogP contribution is -1.85. The number of fused-ring (bicyclic) bond motifs is 1. The Morgan fingerprint density at radius 1 is 1.00 bits per heavy atom. The molecule has 0 aliphatic rings. The van der Waals surface area contributed by atoms with Crippen molar-refractivity contribution < 1.29 is 9.52 Å². The van der Waals surface area contributed by atoms with Crippen molar-refractivity contribution in [1.29, 1.82) is 0 Å². The second-order valence-electron chi connectivity index (χ2n) is 4.10. The van der Waals surface area contributed by atoms with Gasteiger partial charge in [0.05, 0.1) is 6.26 Å². The maximum atomic E-state index is 9.50. The lowest BCUT2D eigenvalue weighted by molar-refractivity contribution is 0.476. The van der Waals surface area contributed by atoms with Gasteiger partial charge in [-0.15, -0.1) is 0 Å². The first-order valence-electron chi connectivity index (χ1n) is 5.56. The van der Waals surface area contributed by atoms with Gasteiger partial charge in [-0.3, -0.25) is 0 Å². The van der Waals surface area contributed by atoms with Crippen molar-refractivity contribution in [2.45, 2.75) is 6.42 Å². The summed E-state index contributed by atoms with van der Waals surface area (Å²) in [5.74, 6) is 0.271. The molecule has 0 spiro atoms. The summed E-state index contributed by atoms with van der Waals surface area (Å²) < 4.78 is 5.47. The van der Waals surface area contributed by atoms with Gasteiger partial charge >= 0.3 is 0 Å². The summed E-state index contributed by atoms with van der Waals surface area (Å²) in [4.78, 5) is 0. The molecule has 0 aliphatic heterocycles. The van der Waals surface area contributed by atoms with E-state index in [0.29, 0.717) is 0 Å². The smallest absolute Gasteiger partial charge is 0.134 e. The predicted octanol–water partition coefficient (Wildman–Crippen LogP) is 3.73. The molecule has 3 aromatic rings. The van der Waals surface area contributed by atoms with Gasteiger partial charge in [-0.05, 0) is 23.8 Å². The van der Waals surface area contributed by atoms with Crippen molar-refractivity contribution in [1.82, 2.24) is 0 Å². The van der Waals surface area contributed by atoms with Gasteiger partial charge in [0.15, 0.2) is 0 Å². The van der Waals surface area contributed by atoms with Crippen molar-refractivity contribution in [2.75, 3.05) is 0 Å². The highest BCUT2D eigenvalue weighted by Gasteiger charge is 2.07. The Morgan fingerprint density at radius 3 is 2.65 bits per heavy atom. The monoisotopic (exact) mass is 224 g/mol. The normalized spacial score (nSPS) is 10.8. The molecule has 0 amide bonds. The van der Waals surface area contributed by atoms with Gasteiger partial charge in [0.2, 0.25) is 0 Å². The minimum Gasteiger partial charge on any atom is -0.508 e. The second kappa shape index (κ2) is 3.98. The summed E-state index contributed by atoms with van der Waals surface area (Å²) in [5.41, 5.74) is 3.15. The first-order valence-corrected chi connectivity index (χ1v) is 5.56. The fraction of sp³-hybridized carbons (Fsp3) is 0.0667. The van der Waals surface area contributed by atoms with Crippen molar-refractivity contribution >= 4 is 11.0 Å². The predicted molar refractivity (Wildman–Crippen MR) is 67.1 cm³/mol. The zero-order valence-corrected chi connectivity index (χ0v) is 9.26. The summed E-state index contributed by atoms with van der Waals surface area (Å²) in [7, 11) is 0. The van der Waals surface area contributed by atoms with Crippen LogP contribution < -0.4 is 0 Å². The van der Waals surface area contributed by atoms with Crippen molar-refractivity contribution in [3.05, 3.63) is 65.9 Å². The van der Waals surface area contributed by atoms with Gasteiger partial charge in [0.1, 0.15) is 11.3 Å². The summed E-state index contributed by atoms with van der Waals surface area (Å²) in [6, 6.07) is 15.4. The van der Waals surface area contributed by atoms with Crippen LogP contribution in [0.2, 0.25) is 0 Å². The lowest BCUT2D eigenvalue weighted by Gasteiger charge is -1.99. The molecule has 17 heavy (non-hydrogen) atoms. The van der Waals surface area contributed by atoms with Gasteiger partial charge < -0.3 is 9.52 Å². The van der Waals surface area contributed by atoms with E-state index in [4.69, 9.17) is 4.42 Å². The second-order valence-corrected chi connectivity index (χ2v) is 4.10. The van der Waals surface area contributed by atoms with Crippen LogP contribution in [0.25, 0.3) is 11.0 Å². The summed E-state index contributed by atoms with van der Waals surface area (Å²) >= 11 is 0. The van der Waals surface area contributed by atoms with Crippen LogP contribution >= 0.6 is 0 Å². The highest BCUT2D eigenvalue weighted by Crippen LogP contribution is 2.26. The van der Waals surface area contributed by atoms with Crippen LogP contribution in [-0.2, 0) is 6.42 Å². The first-order chi connectivity index (χ1) is 8.33. The van der Waals surface area contributed by atoms with Gasteiger partial charge in [0, 0.05) is 17.4 Å². The molecule has 84 valence electrons. The number of phenolic OH excluding ortho intramolecular Hbond substituents is 1. The molecule has 0 atom stereocenters. The molecule has 0 unspecified atom stereocenters. The molecule has 0 saturated heterocycles. The Kier molecular flexibility index (Phi) is 2.33. The highest BCUT2D eigenvalue weighted by atomic mass is 16.3. The van der Waals surface area contributed by atoms with E-state index in [9.17, 15) is 5.11 Å². The first kappa shape index (κ1) is 9.97. The largest absolute Gasteiger partial charge is 0.508 e. The van der Waals surface area contributed by atoms with E-state index in [1.165, 1.54) is 5.56 Å². The lowest BCUT2D eigenvalue weighted by atomic mass is 10.0. The van der Waals surface area contributed by atoms with Crippen LogP contribution in [0.5, 0.6) is 5.75 Å². The molecule has 2 aromatic carbocycles. The van der Waals surface area contributed by atoms with Crippen LogP contribution in [0.4, 0.5) is 0 Å². The molecule has 0 radical (unpaired) electrons. The minimum absolute atomic E-state index is 0.271.